The molecule has 0 fully saturated rings. The van der Waals surface area contributed by atoms with Gasteiger partial charge < -0.3 is 10.1 Å². The highest BCUT2D eigenvalue weighted by atomic mass is 35.5. The van der Waals surface area contributed by atoms with Crippen molar-refractivity contribution < 1.29 is 4.74 Å². The third kappa shape index (κ3) is 4.99. The highest BCUT2D eigenvalue weighted by molar-refractivity contribution is 6.33. The molecular weight excluding hydrogens is 257 g/mol. The number of nitrogens with one attached hydrogen (secondary N) is 1. The molecule has 1 N–H and O–H groups in total. The van der Waals surface area contributed by atoms with Crippen molar-refractivity contribution in [3.63, 3.8) is 0 Å². The van der Waals surface area contributed by atoms with Crippen molar-refractivity contribution in [2.45, 2.75) is 19.4 Å². The summed E-state index contributed by atoms with van der Waals surface area (Å²) < 4.78 is 5.04. The van der Waals surface area contributed by atoms with Crippen molar-refractivity contribution in [2.75, 3.05) is 13.2 Å². The molecule has 1 aromatic carbocycles. The molecule has 0 aliphatic heterocycles. The SMILES string of the molecule is C=COCCCNC(C)c1cc(Cl)ccc1Cl. The molecule has 17 heavy (non-hydrogen) atoms. The second-order valence-electron chi connectivity index (χ2n) is 3.73. The maximum absolute atomic E-state index is 6.12. The average Bonchev–Trinajstić information content (AvgIpc) is 2.32. The van der Waals surface area contributed by atoms with Gasteiger partial charge in [0.2, 0.25) is 0 Å². The smallest absolute Gasteiger partial charge is 0.0885 e. The van der Waals surface area contributed by atoms with Gasteiger partial charge in [0.15, 0.2) is 0 Å². The fourth-order valence-electron chi connectivity index (χ4n) is 1.51. The number of hydrogen-bond acceptors (Lipinski definition) is 2. The largest absolute Gasteiger partial charge is 0.502 e. The van der Waals surface area contributed by atoms with E-state index in [9.17, 15) is 0 Å². The number of benzene rings is 1. The molecule has 0 heterocycles. The first-order chi connectivity index (χ1) is 8.15. The lowest BCUT2D eigenvalue weighted by atomic mass is 10.1. The van der Waals surface area contributed by atoms with E-state index >= 15 is 0 Å². The fourth-order valence-corrected chi connectivity index (χ4v) is 1.98. The van der Waals surface area contributed by atoms with E-state index in [0.717, 1.165) is 23.6 Å². The highest BCUT2D eigenvalue weighted by Gasteiger charge is 2.09. The molecule has 1 rings (SSSR count). The molecule has 0 saturated heterocycles. The monoisotopic (exact) mass is 273 g/mol. The van der Waals surface area contributed by atoms with Crippen LogP contribution in [0.5, 0.6) is 0 Å². The van der Waals surface area contributed by atoms with Gasteiger partial charge in [-0.25, -0.2) is 0 Å². The van der Waals surface area contributed by atoms with Gasteiger partial charge in [0, 0.05) is 16.1 Å². The van der Waals surface area contributed by atoms with Crippen LogP contribution in [0.25, 0.3) is 0 Å². The first kappa shape index (κ1) is 14.4. The Kier molecular flexibility index (Phi) is 6.41. The van der Waals surface area contributed by atoms with E-state index in [1.54, 1.807) is 6.07 Å². The maximum Gasteiger partial charge on any atom is 0.0885 e. The molecule has 4 heteroatoms. The average molecular weight is 274 g/mol. The third-order valence-electron chi connectivity index (χ3n) is 2.43. The van der Waals surface area contributed by atoms with Gasteiger partial charge in [-0.05, 0) is 43.7 Å². The number of hydrogen-bond donors (Lipinski definition) is 1. The molecule has 1 atom stereocenters. The maximum atomic E-state index is 6.12. The van der Waals surface area contributed by atoms with Gasteiger partial charge >= 0.3 is 0 Å². The van der Waals surface area contributed by atoms with Gasteiger partial charge in [0.05, 0.1) is 12.9 Å². The lowest BCUT2D eigenvalue weighted by molar-refractivity contribution is 0.243. The van der Waals surface area contributed by atoms with E-state index in [1.165, 1.54) is 6.26 Å². The summed E-state index contributed by atoms with van der Waals surface area (Å²) in [5.74, 6) is 0. The van der Waals surface area contributed by atoms with Crippen LogP contribution in [0.15, 0.2) is 31.0 Å². The molecule has 0 spiro atoms. The normalized spacial score (nSPS) is 12.2. The minimum Gasteiger partial charge on any atom is -0.502 e. The number of ether oxygens (including phenoxy) is 1. The molecule has 0 aliphatic carbocycles. The van der Waals surface area contributed by atoms with E-state index < -0.39 is 0 Å². The molecule has 2 nitrogen and oxygen atoms in total. The fraction of sp³-hybridized carbons (Fsp3) is 0.385. The molecular formula is C13H17Cl2NO. The molecule has 0 amide bonds. The van der Waals surface area contributed by atoms with E-state index in [0.29, 0.717) is 11.6 Å². The third-order valence-corrected chi connectivity index (χ3v) is 3.01. The molecule has 0 saturated carbocycles. The van der Waals surface area contributed by atoms with Crippen LogP contribution in [-0.4, -0.2) is 13.2 Å². The molecule has 94 valence electrons. The zero-order chi connectivity index (χ0) is 12.7. The van der Waals surface area contributed by atoms with Crippen LogP contribution < -0.4 is 5.32 Å². The Balaban J connectivity index is 2.43. The quantitative estimate of drug-likeness (QED) is 0.594. The Labute approximate surface area is 113 Å². The Hall–Kier alpha value is -0.700. The van der Waals surface area contributed by atoms with E-state index in [-0.39, 0.29) is 6.04 Å². The lowest BCUT2D eigenvalue weighted by Gasteiger charge is -2.15. The van der Waals surface area contributed by atoms with Crippen molar-refractivity contribution in [2.24, 2.45) is 0 Å². The van der Waals surface area contributed by atoms with Gasteiger partial charge in [-0.3, -0.25) is 0 Å². The summed E-state index contributed by atoms with van der Waals surface area (Å²) in [7, 11) is 0. The van der Waals surface area contributed by atoms with Crippen LogP contribution in [0.4, 0.5) is 0 Å². The van der Waals surface area contributed by atoms with Gasteiger partial charge in [0.25, 0.3) is 0 Å². The molecule has 1 unspecified atom stereocenters. The van der Waals surface area contributed by atoms with Crippen molar-refractivity contribution in [1.82, 2.24) is 5.32 Å². The Morgan fingerprint density at radius 1 is 1.47 bits per heavy atom. The summed E-state index contributed by atoms with van der Waals surface area (Å²) in [5.41, 5.74) is 1.02. The van der Waals surface area contributed by atoms with Crippen LogP contribution in [0.2, 0.25) is 10.0 Å². The van der Waals surface area contributed by atoms with Crippen LogP contribution in [0, 0.1) is 0 Å². The summed E-state index contributed by atoms with van der Waals surface area (Å²) in [6.07, 6.45) is 2.38. The van der Waals surface area contributed by atoms with Crippen molar-refractivity contribution >= 4 is 23.2 Å². The van der Waals surface area contributed by atoms with Crippen molar-refractivity contribution in [3.8, 4) is 0 Å². The van der Waals surface area contributed by atoms with Gasteiger partial charge in [0.1, 0.15) is 0 Å². The zero-order valence-electron chi connectivity index (χ0n) is 9.88. The summed E-state index contributed by atoms with van der Waals surface area (Å²) in [4.78, 5) is 0. The summed E-state index contributed by atoms with van der Waals surface area (Å²) >= 11 is 12.1. The summed E-state index contributed by atoms with van der Waals surface area (Å²) in [6, 6.07) is 5.67. The van der Waals surface area contributed by atoms with Gasteiger partial charge in [-0.1, -0.05) is 29.8 Å². The standard InChI is InChI=1S/C13H17Cl2NO/c1-3-17-8-4-7-16-10(2)12-9-11(14)5-6-13(12)15/h3,5-6,9-10,16H,1,4,7-8H2,2H3. The molecule has 0 bridgehead atoms. The Morgan fingerprint density at radius 2 is 2.24 bits per heavy atom. The Bertz CT molecular complexity index is 368. The van der Waals surface area contributed by atoms with Crippen molar-refractivity contribution in [1.29, 1.82) is 0 Å². The van der Waals surface area contributed by atoms with Crippen molar-refractivity contribution in [3.05, 3.63) is 46.6 Å². The minimum atomic E-state index is 0.171. The van der Waals surface area contributed by atoms with Gasteiger partial charge in [-0.2, -0.15) is 0 Å². The summed E-state index contributed by atoms with van der Waals surface area (Å²) in [5, 5.41) is 4.80. The second-order valence-corrected chi connectivity index (χ2v) is 4.58. The van der Waals surface area contributed by atoms with E-state index in [2.05, 4.69) is 18.8 Å². The summed E-state index contributed by atoms with van der Waals surface area (Å²) in [6.45, 7) is 7.08. The predicted octanol–water partition coefficient (Wildman–Crippen LogP) is 4.19. The van der Waals surface area contributed by atoms with Gasteiger partial charge in [-0.15, -0.1) is 0 Å². The molecule has 0 aliphatic rings. The highest BCUT2D eigenvalue weighted by Crippen LogP contribution is 2.25. The first-order valence-corrected chi connectivity index (χ1v) is 6.31. The first-order valence-electron chi connectivity index (χ1n) is 5.56. The topological polar surface area (TPSA) is 21.3 Å². The van der Waals surface area contributed by atoms with E-state index in [4.69, 9.17) is 27.9 Å². The minimum absolute atomic E-state index is 0.171. The number of rotatable bonds is 7. The van der Waals surface area contributed by atoms with Crippen LogP contribution in [0.3, 0.4) is 0 Å². The van der Waals surface area contributed by atoms with Crippen LogP contribution >= 0.6 is 23.2 Å². The van der Waals surface area contributed by atoms with Crippen LogP contribution in [-0.2, 0) is 4.74 Å². The zero-order valence-corrected chi connectivity index (χ0v) is 11.4. The molecule has 0 aromatic heterocycles. The van der Waals surface area contributed by atoms with E-state index in [1.807, 2.05) is 12.1 Å². The molecule has 0 radical (unpaired) electrons. The van der Waals surface area contributed by atoms with Crippen LogP contribution in [0.1, 0.15) is 24.9 Å². The Morgan fingerprint density at radius 3 is 2.94 bits per heavy atom. The second kappa shape index (κ2) is 7.59. The predicted molar refractivity (Wildman–Crippen MR) is 73.6 cm³/mol. The lowest BCUT2D eigenvalue weighted by Crippen LogP contribution is -2.21. The molecule has 1 aromatic rings. The number of halogens is 2.